The van der Waals surface area contributed by atoms with Crippen molar-refractivity contribution in [2.45, 2.75) is 32.1 Å². The third-order valence-corrected chi connectivity index (χ3v) is 3.37. The van der Waals surface area contributed by atoms with Gasteiger partial charge in [-0.25, -0.2) is 0 Å². The molecule has 0 unspecified atom stereocenters. The summed E-state index contributed by atoms with van der Waals surface area (Å²) in [5, 5.41) is 3.30. The molecule has 5 heteroatoms. The van der Waals surface area contributed by atoms with Crippen molar-refractivity contribution >= 4 is 11.5 Å². The zero-order valence-electron chi connectivity index (χ0n) is 12.2. The Hall–Kier alpha value is -1.49. The quantitative estimate of drug-likeness (QED) is 0.644. The van der Waals surface area contributed by atoms with Gasteiger partial charge in [-0.05, 0) is 50.2 Å². The molecule has 2 rings (SSSR count). The number of nitrogens with zero attached hydrogens (tertiary/aromatic N) is 1. The molecule has 1 aliphatic rings. The van der Waals surface area contributed by atoms with Crippen LogP contribution in [0.5, 0.6) is 5.88 Å². The third-order valence-electron chi connectivity index (χ3n) is 3.37. The van der Waals surface area contributed by atoms with Crippen LogP contribution < -0.4 is 15.8 Å². The van der Waals surface area contributed by atoms with Gasteiger partial charge in [0.2, 0.25) is 5.88 Å². The zero-order valence-corrected chi connectivity index (χ0v) is 12.2. The van der Waals surface area contributed by atoms with Gasteiger partial charge in [0.05, 0.1) is 12.3 Å². The van der Waals surface area contributed by atoms with E-state index in [2.05, 4.69) is 10.3 Å². The number of aromatic nitrogens is 1. The van der Waals surface area contributed by atoms with Crippen molar-refractivity contribution in [3.63, 3.8) is 0 Å². The van der Waals surface area contributed by atoms with Crippen molar-refractivity contribution < 1.29 is 9.47 Å². The van der Waals surface area contributed by atoms with Crippen molar-refractivity contribution in [1.29, 1.82) is 0 Å². The van der Waals surface area contributed by atoms with Gasteiger partial charge in [0.25, 0.3) is 0 Å². The van der Waals surface area contributed by atoms with E-state index in [1.807, 2.05) is 12.1 Å². The standard InChI is InChI=1S/C15H25N3O2/c1-19-10-4-2-3-9-17-14-8-7-13(16)15(18-14)20-11-12-5-6-12/h7-8,12H,2-6,9-11,16H2,1H3,(H,17,18). The summed E-state index contributed by atoms with van der Waals surface area (Å²) >= 11 is 0. The minimum Gasteiger partial charge on any atom is -0.476 e. The van der Waals surface area contributed by atoms with E-state index in [4.69, 9.17) is 15.2 Å². The van der Waals surface area contributed by atoms with Crippen LogP contribution in [0.4, 0.5) is 11.5 Å². The maximum absolute atomic E-state index is 5.88. The molecule has 5 nitrogen and oxygen atoms in total. The molecule has 1 saturated carbocycles. The number of unbranched alkanes of at least 4 members (excludes halogenated alkanes) is 2. The van der Waals surface area contributed by atoms with Gasteiger partial charge in [0.1, 0.15) is 5.82 Å². The summed E-state index contributed by atoms with van der Waals surface area (Å²) in [7, 11) is 1.74. The SMILES string of the molecule is COCCCCCNc1ccc(N)c(OCC2CC2)n1. The fourth-order valence-electron chi connectivity index (χ4n) is 1.91. The van der Waals surface area contributed by atoms with Crippen LogP contribution in [-0.2, 0) is 4.74 Å². The van der Waals surface area contributed by atoms with E-state index in [1.54, 1.807) is 7.11 Å². The first kappa shape index (κ1) is 14.9. The molecule has 1 aromatic rings. The molecule has 0 atom stereocenters. The molecular formula is C15H25N3O2. The lowest BCUT2D eigenvalue weighted by Gasteiger charge is -2.10. The molecule has 0 saturated heterocycles. The number of anilines is 2. The Morgan fingerprint density at radius 2 is 2.15 bits per heavy atom. The first-order chi connectivity index (χ1) is 9.79. The zero-order chi connectivity index (χ0) is 14.2. The molecule has 1 heterocycles. The molecule has 1 aromatic heterocycles. The second kappa shape index (κ2) is 7.94. The van der Waals surface area contributed by atoms with Gasteiger partial charge in [-0.3, -0.25) is 0 Å². The van der Waals surface area contributed by atoms with E-state index >= 15 is 0 Å². The first-order valence-electron chi connectivity index (χ1n) is 7.41. The maximum Gasteiger partial charge on any atom is 0.239 e. The highest BCUT2D eigenvalue weighted by Gasteiger charge is 2.22. The lowest BCUT2D eigenvalue weighted by molar-refractivity contribution is 0.192. The van der Waals surface area contributed by atoms with Crippen LogP contribution in [-0.4, -0.2) is 31.9 Å². The van der Waals surface area contributed by atoms with Crippen LogP contribution in [0.1, 0.15) is 32.1 Å². The largest absolute Gasteiger partial charge is 0.476 e. The van der Waals surface area contributed by atoms with Crippen molar-refractivity contribution in [2.75, 3.05) is 37.9 Å². The normalized spacial score (nSPS) is 14.2. The van der Waals surface area contributed by atoms with Gasteiger partial charge in [0, 0.05) is 20.3 Å². The lowest BCUT2D eigenvalue weighted by atomic mass is 10.2. The average Bonchev–Trinajstić information content (AvgIpc) is 3.27. The molecule has 0 bridgehead atoms. The Bertz CT molecular complexity index is 408. The second-order valence-electron chi connectivity index (χ2n) is 5.33. The number of nitrogens with one attached hydrogen (secondary N) is 1. The van der Waals surface area contributed by atoms with Gasteiger partial charge >= 0.3 is 0 Å². The highest BCUT2D eigenvalue weighted by atomic mass is 16.5. The van der Waals surface area contributed by atoms with Crippen LogP contribution in [0.3, 0.4) is 0 Å². The summed E-state index contributed by atoms with van der Waals surface area (Å²) in [6, 6.07) is 3.75. The van der Waals surface area contributed by atoms with Gasteiger partial charge in [0.15, 0.2) is 0 Å². The predicted molar refractivity (Wildman–Crippen MR) is 81.1 cm³/mol. The van der Waals surface area contributed by atoms with E-state index in [9.17, 15) is 0 Å². The molecule has 0 aliphatic heterocycles. The summed E-state index contributed by atoms with van der Waals surface area (Å²) in [6.45, 7) is 2.47. The van der Waals surface area contributed by atoms with Crippen LogP contribution >= 0.6 is 0 Å². The number of hydrogen-bond donors (Lipinski definition) is 2. The summed E-state index contributed by atoms with van der Waals surface area (Å²) < 4.78 is 10.7. The lowest BCUT2D eigenvalue weighted by Crippen LogP contribution is -2.08. The Morgan fingerprint density at radius 1 is 1.30 bits per heavy atom. The Morgan fingerprint density at radius 3 is 2.90 bits per heavy atom. The van der Waals surface area contributed by atoms with Crippen LogP contribution in [0.15, 0.2) is 12.1 Å². The number of methoxy groups -OCH3 is 1. The smallest absolute Gasteiger partial charge is 0.239 e. The first-order valence-corrected chi connectivity index (χ1v) is 7.41. The number of nitrogens with two attached hydrogens (primary N) is 1. The second-order valence-corrected chi connectivity index (χ2v) is 5.33. The molecule has 0 radical (unpaired) electrons. The molecule has 0 aromatic carbocycles. The molecule has 112 valence electrons. The van der Waals surface area contributed by atoms with Crippen LogP contribution in [0, 0.1) is 5.92 Å². The Kier molecular flexibility index (Phi) is 5.92. The Balaban J connectivity index is 1.71. The minimum absolute atomic E-state index is 0.557. The maximum atomic E-state index is 5.88. The number of hydrogen-bond acceptors (Lipinski definition) is 5. The van der Waals surface area contributed by atoms with Gasteiger partial charge < -0.3 is 20.5 Å². The number of rotatable bonds is 10. The number of pyridine rings is 1. The van der Waals surface area contributed by atoms with Crippen LogP contribution in [0.25, 0.3) is 0 Å². The topological polar surface area (TPSA) is 69.4 Å². The van der Waals surface area contributed by atoms with E-state index in [1.165, 1.54) is 12.8 Å². The van der Waals surface area contributed by atoms with Crippen molar-refractivity contribution in [2.24, 2.45) is 5.92 Å². The summed E-state index contributed by atoms with van der Waals surface area (Å²) in [5.74, 6) is 2.09. The summed E-state index contributed by atoms with van der Waals surface area (Å²) in [4.78, 5) is 4.42. The fraction of sp³-hybridized carbons (Fsp3) is 0.667. The number of ether oxygens (including phenoxy) is 2. The Labute approximate surface area is 120 Å². The molecule has 20 heavy (non-hydrogen) atoms. The molecule has 0 spiro atoms. The molecule has 1 fully saturated rings. The van der Waals surface area contributed by atoms with Gasteiger partial charge in [-0.15, -0.1) is 0 Å². The summed E-state index contributed by atoms with van der Waals surface area (Å²) in [6.07, 6.45) is 5.89. The minimum atomic E-state index is 0.557. The van der Waals surface area contributed by atoms with Crippen molar-refractivity contribution in [1.82, 2.24) is 4.98 Å². The highest BCUT2D eigenvalue weighted by molar-refractivity contribution is 5.53. The molecule has 3 N–H and O–H groups in total. The average molecular weight is 279 g/mol. The van der Waals surface area contributed by atoms with E-state index < -0.39 is 0 Å². The fourth-order valence-corrected chi connectivity index (χ4v) is 1.91. The number of nitrogen functional groups attached to an aromatic ring is 1. The monoisotopic (exact) mass is 279 g/mol. The molecular weight excluding hydrogens is 254 g/mol. The molecule has 1 aliphatic carbocycles. The van der Waals surface area contributed by atoms with E-state index in [-0.39, 0.29) is 0 Å². The van der Waals surface area contributed by atoms with Crippen molar-refractivity contribution in [3.05, 3.63) is 12.1 Å². The summed E-state index contributed by atoms with van der Waals surface area (Å²) in [5.41, 5.74) is 6.48. The van der Waals surface area contributed by atoms with Crippen molar-refractivity contribution in [3.8, 4) is 5.88 Å². The third kappa shape index (κ3) is 5.25. The highest BCUT2D eigenvalue weighted by Crippen LogP contribution is 2.30. The molecule has 0 amide bonds. The van der Waals surface area contributed by atoms with Gasteiger partial charge in [-0.1, -0.05) is 0 Å². The van der Waals surface area contributed by atoms with Gasteiger partial charge in [-0.2, -0.15) is 4.98 Å². The van der Waals surface area contributed by atoms with E-state index in [0.29, 0.717) is 17.5 Å². The van der Waals surface area contributed by atoms with E-state index in [0.717, 1.165) is 44.8 Å². The van der Waals surface area contributed by atoms with Crippen LogP contribution in [0.2, 0.25) is 0 Å². The predicted octanol–water partition coefficient (Wildman–Crippen LogP) is 2.68.